The number of para-hydroxylation sites is 2. The maximum atomic E-state index is 12.4. The second kappa shape index (κ2) is 8.11. The molecule has 0 bridgehead atoms. The van der Waals surface area contributed by atoms with Crippen LogP contribution in [-0.4, -0.2) is 10.9 Å². The van der Waals surface area contributed by atoms with E-state index in [0.29, 0.717) is 27.2 Å². The van der Waals surface area contributed by atoms with Crippen molar-refractivity contribution in [3.05, 3.63) is 87.9 Å². The van der Waals surface area contributed by atoms with Gasteiger partial charge in [0.2, 0.25) is 11.8 Å². The lowest BCUT2D eigenvalue weighted by atomic mass is 10.1. The first kappa shape index (κ1) is 19.2. The minimum absolute atomic E-state index is 0.270. The van der Waals surface area contributed by atoms with Gasteiger partial charge in [0, 0.05) is 27.4 Å². The minimum Gasteiger partial charge on any atom is -0.436 e. The number of carbonyl (C=O) groups is 1. The van der Waals surface area contributed by atoms with Crippen LogP contribution >= 0.6 is 23.2 Å². The third kappa shape index (κ3) is 4.34. The maximum Gasteiger partial charge on any atom is 0.248 e. The highest BCUT2D eigenvalue weighted by Gasteiger charge is 2.11. The van der Waals surface area contributed by atoms with Crippen molar-refractivity contribution >= 4 is 52.0 Å². The van der Waals surface area contributed by atoms with Gasteiger partial charge in [0.1, 0.15) is 5.52 Å². The quantitative estimate of drug-likeness (QED) is 0.369. The molecule has 4 nitrogen and oxygen atoms in total. The molecule has 0 aliphatic rings. The van der Waals surface area contributed by atoms with E-state index < -0.39 is 0 Å². The van der Waals surface area contributed by atoms with E-state index in [2.05, 4.69) is 10.3 Å². The number of fused-ring (bicyclic) bond motifs is 1. The van der Waals surface area contributed by atoms with Gasteiger partial charge in [-0.25, -0.2) is 4.98 Å². The summed E-state index contributed by atoms with van der Waals surface area (Å²) in [6, 6.07) is 18.4. The molecule has 0 spiro atoms. The van der Waals surface area contributed by atoms with Crippen LogP contribution in [0.25, 0.3) is 28.6 Å². The molecule has 1 aromatic heterocycles. The van der Waals surface area contributed by atoms with Crippen molar-refractivity contribution in [3.8, 4) is 11.5 Å². The molecule has 0 aliphatic heterocycles. The lowest BCUT2D eigenvalue weighted by Gasteiger charge is -2.08. The fourth-order valence-corrected chi connectivity index (χ4v) is 3.33. The van der Waals surface area contributed by atoms with Crippen LogP contribution in [0.5, 0.6) is 0 Å². The molecule has 0 atom stereocenters. The predicted octanol–water partition coefficient (Wildman–Crippen LogP) is 6.76. The molecule has 0 fully saturated rings. The number of nitrogens with one attached hydrogen (secondary N) is 1. The topological polar surface area (TPSA) is 55.1 Å². The molecular formula is C23H16Cl2N2O2. The van der Waals surface area contributed by atoms with Crippen LogP contribution in [-0.2, 0) is 4.79 Å². The molecule has 3 aromatic carbocycles. The number of hydrogen-bond donors (Lipinski definition) is 1. The number of anilines is 1. The van der Waals surface area contributed by atoms with E-state index in [1.54, 1.807) is 24.3 Å². The first-order valence-electron chi connectivity index (χ1n) is 8.90. The Morgan fingerprint density at radius 1 is 1.07 bits per heavy atom. The fourth-order valence-electron chi connectivity index (χ4n) is 2.86. The summed E-state index contributed by atoms with van der Waals surface area (Å²) in [5.74, 6) is 0.235. The van der Waals surface area contributed by atoms with Crippen LogP contribution in [0.3, 0.4) is 0 Å². The number of carbonyl (C=O) groups excluding carboxylic acids is 1. The van der Waals surface area contributed by atoms with Gasteiger partial charge >= 0.3 is 0 Å². The summed E-state index contributed by atoms with van der Waals surface area (Å²) in [7, 11) is 0. The van der Waals surface area contributed by atoms with Gasteiger partial charge < -0.3 is 9.73 Å². The van der Waals surface area contributed by atoms with E-state index >= 15 is 0 Å². The molecule has 0 radical (unpaired) electrons. The van der Waals surface area contributed by atoms with Gasteiger partial charge in [-0.05, 0) is 60.5 Å². The van der Waals surface area contributed by atoms with Gasteiger partial charge in [-0.3, -0.25) is 4.79 Å². The number of hydrogen-bond acceptors (Lipinski definition) is 3. The highest BCUT2D eigenvalue weighted by atomic mass is 35.5. The van der Waals surface area contributed by atoms with E-state index in [-0.39, 0.29) is 5.91 Å². The second-order valence-corrected chi connectivity index (χ2v) is 7.35. The van der Waals surface area contributed by atoms with E-state index in [4.69, 9.17) is 27.6 Å². The third-order valence-corrected chi connectivity index (χ3v) is 4.98. The zero-order valence-electron chi connectivity index (χ0n) is 15.4. The number of rotatable bonds is 4. The Labute approximate surface area is 177 Å². The zero-order chi connectivity index (χ0) is 20.4. The Bertz CT molecular complexity index is 1210. The maximum absolute atomic E-state index is 12.4. The van der Waals surface area contributed by atoms with Crippen molar-refractivity contribution < 1.29 is 9.21 Å². The zero-order valence-corrected chi connectivity index (χ0v) is 17.0. The van der Waals surface area contributed by atoms with Crippen molar-refractivity contribution in [3.63, 3.8) is 0 Å². The summed E-state index contributed by atoms with van der Waals surface area (Å²) >= 11 is 12.0. The van der Waals surface area contributed by atoms with Crippen molar-refractivity contribution in [1.82, 2.24) is 4.98 Å². The molecule has 1 amide bonds. The van der Waals surface area contributed by atoms with Crippen LogP contribution in [0.15, 0.2) is 71.2 Å². The average Bonchev–Trinajstić information content (AvgIpc) is 3.13. The van der Waals surface area contributed by atoms with Gasteiger partial charge in [-0.1, -0.05) is 47.5 Å². The average molecular weight is 423 g/mol. The second-order valence-electron chi connectivity index (χ2n) is 6.50. The number of aryl methyl sites for hydroxylation is 1. The van der Waals surface area contributed by atoms with E-state index in [1.165, 1.54) is 6.08 Å². The number of amides is 1. The molecule has 4 rings (SSSR count). The molecule has 0 saturated heterocycles. The normalized spacial score (nSPS) is 11.3. The van der Waals surface area contributed by atoms with E-state index in [9.17, 15) is 4.79 Å². The molecule has 1 N–H and O–H groups in total. The summed E-state index contributed by atoms with van der Waals surface area (Å²) in [5, 5.41) is 3.92. The van der Waals surface area contributed by atoms with Crippen LogP contribution < -0.4 is 5.32 Å². The number of benzene rings is 3. The third-order valence-electron chi connectivity index (χ3n) is 4.41. The molecule has 4 aromatic rings. The largest absolute Gasteiger partial charge is 0.436 e. The van der Waals surface area contributed by atoms with E-state index in [0.717, 1.165) is 22.2 Å². The molecule has 29 heavy (non-hydrogen) atoms. The Balaban J connectivity index is 1.56. The Kier molecular flexibility index (Phi) is 5.38. The van der Waals surface area contributed by atoms with Gasteiger partial charge in [0.05, 0.1) is 0 Å². The van der Waals surface area contributed by atoms with Crippen LogP contribution in [0, 0.1) is 6.92 Å². The smallest absolute Gasteiger partial charge is 0.248 e. The fraction of sp³-hybridized carbons (Fsp3) is 0.0435. The minimum atomic E-state index is -0.270. The van der Waals surface area contributed by atoms with Crippen molar-refractivity contribution in [2.24, 2.45) is 0 Å². The summed E-state index contributed by atoms with van der Waals surface area (Å²) in [6.45, 7) is 1.92. The van der Waals surface area contributed by atoms with Crippen LogP contribution in [0.4, 0.5) is 5.69 Å². The van der Waals surface area contributed by atoms with E-state index in [1.807, 2.05) is 49.4 Å². The highest BCUT2D eigenvalue weighted by Crippen LogP contribution is 2.28. The lowest BCUT2D eigenvalue weighted by molar-refractivity contribution is -0.111. The van der Waals surface area contributed by atoms with Gasteiger partial charge in [0.15, 0.2) is 5.58 Å². The SMILES string of the molecule is Cc1ccc(-c2nc3ccccc3o2)cc1NC(=O)/C=C/c1ccc(Cl)cc1Cl. The molecule has 0 aliphatic carbocycles. The van der Waals surface area contributed by atoms with Crippen LogP contribution in [0.1, 0.15) is 11.1 Å². The first-order valence-corrected chi connectivity index (χ1v) is 9.66. The lowest BCUT2D eigenvalue weighted by Crippen LogP contribution is -2.09. The van der Waals surface area contributed by atoms with Gasteiger partial charge in [-0.2, -0.15) is 0 Å². The van der Waals surface area contributed by atoms with Crippen molar-refractivity contribution in [1.29, 1.82) is 0 Å². The first-order chi connectivity index (χ1) is 14.0. The summed E-state index contributed by atoms with van der Waals surface area (Å²) in [5.41, 5.74) is 4.61. The van der Waals surface area contributed by atoms with Crippen LogP contribution in [0.2, 0.25) is 10.0 Å². The number of aromatic nitrogens is 1. The van der Waals surface area contributed by atoms with Crippen molar-refractivity contribution in [2.75, 3.05) is 5.32 Å². The number of oxazole rings is 1. The van der Waals surface area contributed by atoms with Gasteiger partial charge in [0.25, 0.3) is 0 Å². The standard InChI is InChI=1S/C23H16Cl2N2O2/c1-14-6-7-16(23-27-19-4-2-3-5-21(19)29-23)12-20(14)26-22(28)11-9-15-8-10-17(24)13-18(15)25/h2-13H,1H3,(H,26,28)/b11-9+. The molecular weight excluding hydrogens is 407 g/mol. The monoisotopic (exact) mass is 422 g/mol. The van der Waals surface area contributed by atoms with Gasteiger partial charge in [-0.15, -0.1) is 0 Å². The predicted molar refractivity (Wildman–Crippen MR) is 118 cm³/mol. The Morgan fingerprint density at radius 3 is 2.69 bits per heavy atom. The summed E-state index contributed by atoms with van der Waals surface area (Å²) in [4.78, 5) is 16.9. The summed E-state index contributed by atoms with van der Waals surface area (Å²) in [6.07, 6.45) is 3.08. The summed E-state index contributed by atoms with van der Waals surface area (Å²) < 4.78 is 5.82. The van der Waals surface area contributed by atoms with Crippen molar-refractivity contribution in [2.45, 2.75) is 6.92 Å². The number of nitrogens with zero attached hydrogens (tertiary/aromatic N) is 1. The Hall–Kier alpha value is -3.08. The highest BCUT2D eigenvalue weighted by molar-refractivity contribution is 6.35. The molecule has 6 heteroatoms. The molecule has 144 valence electrons. The molecule has 0 saturated carbocycles. The Morgan fingerprint density at radius 2 is 1.90 bits per heavy atom. The number of halogens is 2. The molecule has 0 unspecified atom stereocenters. The molecule has 1 heterocycles.